The molecule has 4 nitrogen and oxygen atoms in total. The van der Waals surface area contributed by atoms with E-state index in [0.29, 0.717) is 17.9 Å². The van der Waals surface area contributed by atoms with Crippen molar-refractivity contribution in [1.29, 1.82) is 0 Å². The van der Waals surface area contributed by atoms with Crippen LogP contribution >= 0.6 is 0 Å². The first-order valence-electron chi connectivity index (χ1n) is 8.45. The van der Waals surface area contributed by atoms with E-state index in [1.165, 1.54) is 57.8 Å². The largest absolute Gasteiger partial charge is 0.339 e. The number of aromatic nitrogens is 2. The lowest BCUT2D eigenvalue weighted by Gasteiger charge is -2.22. The Morgan fingerprint density at radius 1 is 1.05 bits per heavy atom. The lowest BCUT2D eigenvalue weighted by Crippen LogP contribution is -2.34. The third kappa shape index (κ3) is 3.05. The molecule has 20 heavy (non-hydrogen) atoms. The molecule has 1 aromatic rings. The summed E-state index contributed by atoms with van der Waals surface area (Å²) >= 11 is 0. The van der Waals surface area contributed by atoms with Crippen molar-refractivity contribution in [2.75, 3.05) is 6.54 Å². The summed E-state index contributed by atoms with van der Waals surface area (Å²) in [4.78, 5) is 4.77. The maximum Gasteiger partial charge on any atom is 0.231 e. The number of likely N-dealkylation sites (N-methyl/N-ethyl adjacent to an activating group) is 1. The summed E-state index contributed by atoms with van der Waals surface area (Å²) < 4.78 is 5.65. The van der Waals surface area contributed by atoms with Crippen molar-refractivity contribution in [2.45, 2.75) is 82.6 Å². The third-order valence-electron chi connectivity index (χ3n) is 4.98. The highest BCUT2D eigenvalue weighted by atomic mass is 16.5. The van der Waals surface area contributed by atoms with Gasteiger partial charge in [0.25, 0.3) is 0 Å². The maximum absolute atomic E-state index is 5.65. The molecular formula is C16H27N3O. The Hall–Kier alpha value is -0.900. The van der Waals surface area contributed by atoms with Crippen LogP contribution in [-0.4, -0.2) is 22.7 Å². The van der Waals surface area contributed by atoms with Gasteiger partial charge in [-0.1, -0.05) is 44.2 Å². The Balaban J connectivity index is 1.74. The van der Waals surface area contributed by atoms with Crippen LogP contribution in [0.5, 0.6) is 0 Å². The van der Waals surface area contributed by atoms with Crippen LogP contribution in [0.1, 0.15) is 88.3 Å². The molecular weight excluding hydrogens is 250 g/mol. The molecule has 3 rings (SSSR count). The molecule has 0 saturated heterocycles. The molecule has 0 radical (unpaired) electrons. The molecule has 2 unspecified atom stereocenters. The van der Waals surface area contributed by atoms with Gasteiger partial charge in [-0.25, -0.2) is 0 Å². The highest BCUT2D eigenvalue weighted by Crippen LogP contribution is 2.35. The van der Waals surface area contributed by atoms with Crippen molar-refractivity contribution in [3.63, 3.8) is 0 Å². The number of hydrogen-bond acceptors (Lipinski definition) is 4. The van der Waals surface area contributed by atoms with Crippen LogP contribution in [-0.2, 0) is 0 Å². The molecule has 1 aromatic heterocycles. The molecule has 0 aromatic carbocycles. The topological polar surface area (TPSA) is 51.0 Å². The van der Waals surface area contributed by atoms with Gasteiger partial charge in [0.1, 0.15) is 0 Å². The van der Waals surface area contributed by atoms with Gasteiger partial charge in [-0.15, -0.1) is 0 Å². The third-order valence-corrected chi connectivity index (χ3v) is 4.98. The van der Waals surface area contributed by atoms with Gasteiger partial charge in [0, 0.05) is 12.0 Å². The average Bonchev–Trinajstić information content (AvgIpc) is 3.09. The molecule has 4 heteroatoms. The molecule has 112 valence electrons. The Morgan fingerprint density at radius 3 is 2.60 bits per heavy atom. The van der Waals surface area contributed by atoms with Crippen molar-refractivity contribution in [3.05, 3.63) is 11.7 Å². The summed E-state index contributed by atoms with van der Waals surface area (Å²) in [7, 11) is 0. The Kier molecular flexibility index (Phi) is 4.71. The van der Waals surface area contributed by atoms with Gasteiger partial charge in [0.2, 0.25) is 5.89 Å². The summed E-state index contributed by atoms with van der Waals surface area (Å²) in [5, 5.41) is 7.91. The van der Waals surface area contributed by atoms with E-state index in [9.17, 15) is 0 Å². The van der Waals surface area contributed by atoms with Crippen molar-refractivity contribution in [3.8, 4) is 0 Å². The normalized spacial score (nSPS) is 28.6. The first-order valence-corrected chi connectivity index (χ1v) is 8.45. The fraction of sp³-hybridized carbons (Fsp3) is 0.875. The van der Waals surface area contributed by atoms with Crippen LogP contribution in [0.3, 0.4) is 0 Å². The highest BCUT2D eigenvalue weighted by Gasteiger charge is 2.30. The van der Waals surface area contributed by atoms with E-state index in [4.69, 9.17) is 9.51 Å². The molecule has 0 aliphatic heterocycles. The molecule has 0 spiro atoms. The molecule has 2 fully saturated rings. The van der Waals surface area contributed by atoms with Crippen LogP contribution in [0, 0.1) is 0 Å². The van der Waals surface area contributed by atoms with Gasteiger partial charge in [-0.3, -0.25) is 0 Å². The molecule has 0 bridgehead atoms. The predicted molar refractivity (Wildman–Crippen MR) is 78.8 cm³/mol. The van der Waals surface area contributed by atoms with Crippen LogP contribution in [0.2, 0.25) is 0 Å². The van der Waals surface area contributed by atoms with Gasteiger partial charge in [-0.05, 0) is 32.2 Å². The minimum atomic E-state index is 0.417. The maximum atomic E-state index is 5.65. The van der Waals surface area contributed by atoms with E-state index in [1.807, 2.05) is 0 Å². The van der Waals surface area contributed by atoms with Crippen LogP contribution < -0.4 is 5.32 Å². The predicted octanol–water partition coefficient (Wildman–Crippen LogP) is 3.75. The molecule has 2 aliphatic rings. The Labute approximate surface area is 121 Å². The summed E-state index contributed by atoms with van der Waals surface area (Å²) in [5.41, 5.74) is 0. The first kappa shape index (κ1) is 14.1. The fourth-order valence-corrected chi connectivity index (χ4v) is 3.86. The minimum absolute atomic E-state index is 0.417. The van der Waals surface area contributed by atoms with Gasteiger partial charge in [0.15, 0.2) is 5.82 Å². The van der Waals surface area contributed by atoms with Crippen molar-refractivity contribution >= 4 is 0 Å². The zero-order chi connectivity index (χ0) is 13.8. The lowest BCUT2D eigenvalue weighted by atomic mass is 9.94. The summed E-state index contributed by atoms with van der Waals surface area (Å²) in [6.45, 7) is 3.20. The molecule has 2 aliphatic carbocycles. The zero-order valence-electron chi connectivity index (χ0n) is 12.6. The zero-order valence-corrected chi connectivity index (χ0v) is 12.6. The van der Waals surface area contributed by atoms with Crippen molar-refractivity contribution in [1.82, 2.24) is 15.5 Å². The van der Waals surface area contributed by atoms with E-state index in [0.717, 1.165) is 18.3 Å². The SMILES string of the molecule is CCNC1CCCCCC1c1nc(C2CCCC2)no1. The number of hydrogen-bond donors (Lipinski definition) is 1. The van der Waals surface area contributed by atoms with Gasteiger partial charge < -0.3 is 9.84 Å². The molecule has 1 heterocycles. The van der Waals surface area contributed by atoms with E-state index in [-0.39, 0.29) is 0 Å². The second kappa shape index (κ2) is 6.70. The van der Waals surface area contributed by atoms with Gasteiger partial charge in [-0.2, -0.15) is 4.98 Å². The lowest BCUT2D eigenvalue weighted by molar-refractivity contribution is 0.303. The van der Waals surface area contributed by atoms with Crippen LogP contribution in [0.4, 0.5) is 0 Å². The smallest absolute Gasteiger partial charge is 0.231 e. The number of rotatable bonds is 4. The molecule has 1 N–H and O–H groups in total. The monoisotopic (exact) mass is 277 g/mol. The standard InChI is InChI=1S/C16H27N3O/c1-2-17-14-11-5-3-4-10-13(14)16-18-15(19-20-16)12-8-6-7-9-12/h12-14,17H,2-11H2,1H3. The molecule has 2 atom stereocenters. The number of nitrogens with zero attached hydrogens (tertiary/aromatic N) is 2. The van der Waals surface area contributed by atoms with Crippen molar-refractivity contribution in [2.24, 2.45) is 0 Å². The number of nitrogens with one attached hydrogen (secondary N) is 1. The van der Waals surface area contributed by atoms with E-state index in [2.05, 4.69) is 17.4 Å². The summed E-state index contributed by atoms with van der Waals surface area (Å²) in [6, 6.07) is 0.513. The average molecular weight is 277 g/mol. The Bertz CT molecular complexity index is 412. The van der Waals surface area contributed by atoms with Crippen LogP contribution in [0.25, 0.3) is 0 Å². The summed E-state index contributed by atoms with van der Waals surface area (Å²) in [5.74, 6) is 2.83. The Morgan fingerprint density at radius 2 is 1.80 bits per heavy atom. The second-order valence-corrected chi connectivity index (χ2v) is 6.38. The second-order valence-electron chi connectivity index (χ2n) is 6.38. The van der Waals surface area contributed by atoms with E-state index < -0.39 is 0 Å². The molecule has 0 amide bonds. The van der Waals surface area contributed by atoms with Gasteiger partial charge >= 0.3 is 0 Å². The summed E-state index contributed by atoms with van der Waals surface area (Å²) in [6.07, 6.45) is 11.5. The van der Waals surface area contributed by atoms with E-state index >= 15 is 0 Å². The van der Waals surface area contributed by atoms with Gasteiger partial charge in [0.05, 0.1) is 5.92 Å². The van der Waals surface area contributed by atoms with E-state index in [1.54, 1.807) is 0 Å². The minimum Gasteiger partial charge on any atom is -0.339 e. The molecule has 2 saturated carbocycles. The first-order chi connectivity index (χ1) is 9.88. The van der Waals surface area contributed by atoms with Crippen molar-refractivity contribution < 1.29 is 4.52 Å². The highest BCUT2D eigenvalue weighted by molar-refractivity contribution is 5.04. The van der Waals surface area contributed by atoms with Crippen LogP contribution in [0.15, 0.2) is 4.52 Å². The fourth-order valence-electron chi connectivity index (χ4n) is 3.86. The quantitative estimate of drug-likeness (QED) is 0.851.